The van der Waals surface area contributed by atoms with Crippen molar-refractivity contribution in [3.8, 4) is 11.5 Å². The number of carbonyl (C=O) groups is 1. The lowest BCUT2D eigenvalue weighted by molar-refractivity contribution is 0.0696. The van der Waals surface area contributed by atoms with Crippen molar-refractivity contribution < 1.29 is 14.3 Å². The number of carboxylic acids is 1. The molecule has 0 saturated carbocycles. The first-order valence-corrected chi connectivity index (χ1v) is 7.09. The molecular formula is C13H14N2O3S. The number of carboxylic acid groups (broad SMARTS) is 1. The van der Waals surface area contributed by atoms with Gasteiger partial charge in [0.25, 0.3) is 0 Å². The highest BCUT2D eigenvalue weighted by atomic mass is 32.2. The summed E-state index contributed by atoms with van der Waals surface area (Å²) in [5.41, 5.74) is 2.21. The minimum Gasteiger partial charge on any atom is -0.478 e. The van der Waals surface area contributed by atoms with Gasteiger partial charge in [0, 0.05) is 0 Å². The summed E-state index contributed by atoms with van der Waals surface area (Å²) in [7, 11) is 0. The summed E-state index contributed by atoms with van der Waals surface area (Å²) in [6.45, 7) is 3.59. The van der Waals surface area contributed by atoms with Gasteiger partial charge in [-0.05, 0) is 31.2 Å². The van der Waals surface area contributed by atoms with E-state index in [1.165, 1.54) is 0 Å². The number of hydrogen-bond acceptors (Lipinski definition) is 5. The molecule has 19 heavy (non-hydrogen) atoms. The van der Waals surface area contributed by atoms with Crippen LogP contribution in [0.3, 0.4) is 0 Å². The van der Waals surface area contributed by atoms with Crippen molar-refractivity contribution >= 4 is 17.7 Å². The molecule has 0 fully saturated rings. The van der Waals surface area contributed by atoms with Crippen LogP contribution in [0.2, 0.25) is 0 Å². The van der Waals surface area contributed by atoms with E-state index in [9.17, 15) is 9.90 Å². The third-order valence-electron chi connectivity index (χ3n) is 2.78. The van der Waals surface area contributed by atoms with E-state index in [0.717, 1.165) is 5.56 Å². The predicted octanol–water partition coefficient (Wildman–Crippen LogP) is 2.91. The smallest absolute Gasteiger partial charge is 0.336 e. The van der Waals surface area contributed by atoms with Crippen molar-refractivity contribution in [2.75, 3.05) is 6.26 Å². The first-order chi connectivity index (χ1) is 9.04. The van der Waals surface area contributed by atoms with Crippen molar-refractivity contribution in [3.05, 3.63) is 34.7 Å². The van der Waals surface area contributed by atoms with Gasteiger partial charge in [0.2, 0.25) is 11.8 Å². The van der Waals surface area contributed by atoms with E-state index in [0.29, 0.717) is 22.8 Å². The maximum absolute atomic E-state index is 11.4. The van der Waals surface area contributed by atoms with Crippen LogP contribution in [-0.2, 0) is 5.75 Å². The number of nitrogens with zero attached hydrogens (tertiary/aromatic N) is 2. The minimum absolute atomic E-state index is 0.222. The summed E-state index contributed by atoms with van der Waals surface area (Å²) >= 11 is 1.57. The van der Waals surface area contributed by atoms with Crippen molar-refractivity contribution in [2.24, 2.45) is 0 Å². The molecule has 1 aromatic carbocycles. The largest absolute Gasteiger partial charge is 0.478 e. The Hall–Kier alpha value is -1.82. The lowest BCUT2D eigenvalue weighted by atomic mass is 9.97. The van der Waals surface area contributed by atoms with Gasteiger partial charge in [-0.25, -0.2) is 4.79 Å². The second-order valence-electron chi connectivity index (χ2n) is 4.19. The van der Waals surface area contributed by atoms with Gasteiger partial charge in [-0.3, -0.25) is 0 Å². The summed E-state index contributed by atoms with van der Waals surface area (Å²) in [6, 6.07) is 3.64. The van der Waals surface area contributed by atoms with Gasteiger partial charge in [0.05, 0.1) is 16.9 Å². The molecule has 1 N–H and O–H groups in total. The topological polar surface area (TPSA) is 76.2 Å². The van der Waals surface area contributed by atoms with Crippen LogP contribution in [0, 0.1) is 13.8 Å². The molecular weight excluding hydrogens is 264 g/mol. The molecule has 0 unspecified atom stereocenters. The monoisotopic (exact) mass is 278 g/mol. The predicted molar refractivity (Wildman–Crippen MR) is 73.4 cm³/mol. The fourth-order valence-corrected chi connectivity index (χ4v) is 2.26. The van der Waals surface area contributed by atoms with E-state index in [-0.39, 0.29) is 11.5 Å². The normalized spacial score (nSPS) is 10.7. The SMILES string of the molecule is CSCc1nnc(-c2c(C)ccc(C)c2C(=O)O)o1. The van der Waals surface area contributed by atoms with Gasteiger partial charge in [-0.2, -0.15) is 11.8 Å². The van der Waals surface area contributed by atoms with Gasteiger partial charge in [0.1, 0.15) is 0 Å². The van der Waals surface area contributed by atoms with Crippen LogP contribution in [0.5, 0.6) is 0 Å². The molecule has 0 aliphatic rings. The highest BCUT2D eigenvalue weighted by Gasteiger charge is 2.21. The number of thioether (sulfide) groups is 1. The Morgan fingerprint density at radius 3 is 2.63 bits per heavy atom. The fraction of sp³-hybridized carbons (Fsp3) is 0.308. The Labute approximate surface area is 115 Å². The van der Waals surface area contributed by atoms with Gasteiger partial charge in [-0.1, -0.05) is 12.1 Å². The summed E-state index contributed by atoms with van der Waals surface area (Å²) in [5.74, 6) is 0.392. The lowest BCUT2D eigenvalue weighted by Crippen LogP contribution is -2.04. The molecule has 2 aromatic rings. The number of aromatic nitrogens is 2. The highest BCUT2D eigenvalue weighted by Crippen LogP contribution is 2.29. The Morgan fingerprint density at radius 1 is 1.32 bits per heavy atom. The van der Waals surface area contributed by atoms with Crippen LogP contribution in [0.4, 0.5) is 0 Å². The van der Waals surface area contributed by atoms with Crippen molar-refractivity contribution in [3.63, 3.8) is 0 Å². The molecule has 1 aromatic heterocycles. The lowest BCUT2D eigenvalue weighted by Gasteiger charge is -2.08. The summed E-state index contributed by atoms with van der Waals surface area (Å²) < 4.78 is 5.53. The first-order valence-electron chi connectivity index (χ1n) is 5.69. The van der Waals surface area contributed by atoms with Gasteiger partial charge < -0.3 is 9.52 Å². The second kappa shape index (κ2) is 5.44. The standard InChI is InChI=1S/C13H14N2O3S/c1-7-4-5-8(2)11(13(16)17)10(7)12-15-14-9(18-12)6-19-3/h4-5H,6H2,1-3H3,(H,16,17). The third-order valence-corrected chi connectivity index (χ3v) is 3.32. The molecule has 0 saturated heterocycles. The summed E-state index contributed by atoms with van der Waals surface area (Å²) in [6.07, 6.45) is 1.93. The number of benzene rings is 1. The minimum atomic E-state index is -0.985. The Balaban J connectivity index is 2.59. The zero-order valence-electron chi connectivity index (χ0n) is 10.9. The van der Waals surface area contributed by atoms with Crippen molar-refractivity contribution in [2.45, 2.75) is 19.6 Å². The zero-order chi connectivity index (χ0) is 14.0. The molecule has 2 rings (SSSR count). The van der Waals surface area contributed by atoms with Crippen molar-refractivity contribution in [1.29, 1.82) is 0 Å². The van der Waals surface area contributed by atoms with Crippen LogP contribution in [0.1, 0.15) is 27.4 Å². The van der Waals surface area contributed by atoms with Crippen molar-refractivity contribution in [1.82, 2.24) is 10.2 Å². The van der Waals surface area contributed by atoms with E-state index < -0.39 is 5.97 Å². The Bertz CT molecular complexity index is 622. The number of aryl methyl sites for hydroxylation is 2. The average molecular weight is 278 g/mol. The average Bonchev–Trinajstić information content (AvgIpc) is 2.80. The number of hydrogen-bond donors (Lipinski definition) is 1. The van der Waals surface area contributed by atoms with E-state index in [2.05, 4.69) is 10.2 Å². The molecule has 0 aliphatic carbocycles. The van der Waals surface area contributed by atoms with Crippen LogP contribution < -0.4 is 0 Å². The van der Waals surface area contributed by atoms with E-state index >= 15 is 0 Å². The molecule has 0 bridgehead atoms. The Morgan fingerprint density at radius 2 is 2.00 bits per heavy atom. The second-order valence-corrected chi connectivity index (χ2v) is 5.05. The molecule has 100 valence electrons. The fourth-order valence-electron chi connectivity index (χ4n) is 1.90. The van der Waals surface area contributed by atoms with Gasteiger partial charge in [0.15, 0.2) is 0 Å². The molecule has 0 radical (unpaired) electrons. The molecule has 1 heterocycles. The van der Waals surface area contributed by atoms with Crippen LogP contribution in [-0.4, -0.2) is 27.5 Å². The van der Waals surface area contributed by atoms with E-state index in [1.54, 1.807) is 24.8 Å². The number of rotatable bonds is 4. The molecule has 0 atom stereocenters. The van der Waals surface area contributed by atoms with Crippen LogP contribution in [0.15, 0.2) is 16.5 Å². The molecule has 0 aliphatic heterocycles. The maximum atomic E-state index is 11.4. The third kappa shape index (κ3) is 2.63. The maximum Gasteiger partial charge on any atom is 0.336 e. The summed E-state index contributed by atoms with van der Waals surface area (Å²) in [4.78, 5) is 11.4. The molecule has 5 nitrogen and oxygen atoms in total. The molecule has 6 heteroatoms. The quantitative estimate of drug-likeness (QED) is 0.926. The highest BCUT2D eigenvalue weighted by molar-refractivity contribution is 7.97. The van der Waals surface area contributed by atoms with Crippen LogP contribution >= 0.6 is 11.8 Å². The van der Waals surface area contributed by atoms with Gasteiger partial charge >= 0.3 is 5.97 Å². The van der Waals surface area contributed by atoms with Crippen LogP contribution in [0.25, 0.3) is 11.5 Å². The van der Waals surface area contributed by atoms with E-state index in [1.807, 2.05) is 19.2 Å². The Kier molecular flexibility index (Phi) is 3.90. The van der Waals surface area contributed by atoms with E-state index in [4.69, 9.17) is 4.42 Å². The zero-order valence-corrected chi connectivity index (χ0v) is 11.7. The summed E-state index contributed by atoms with van der Waals surface area (Å²) in [5, 5.41) is 17.2. The molecule has 0 amide bonds. The first kappa shape index (κ1) is 13.6. The van der Waals surface area contributed by atoms with Gasteiger partial charge in [-0.15, -0.1) is 10.2 Å². The number of aromatic carboxylic acids is 1. The molecule has 0 spiro atoms.